The molecule has 1 unspecified atom stereocenters. The van der Waals surface area contributed by atoms with E-state index in [4.69, 9.17) is 4.42 Å². The van der Waals surface area contributed by atoms with Crippen molar-refractivity contribution < 1.29 is 18.9 Å². The summed E-state index contributed by atoms with van der Waals surface area (Å²) >= 11 is 0. The molecule has 1 heterocycles. The molecule has 0 radical (unpaired) electrons. The molecule has 3 N–H and O–H groups in total. The monoisotopic (exact) mass is 378 g/mol. The van der Waals surface area contributed by atoms with E-state index in [1.807, 2.05) is 50.4 Å². The Hall–Kier alpha value is -3.38. The van der Waals surface area contributed by atoms with Crippen LogP contribution in [0.2, 0.25) is 0 Å². The van der Waals surface area contributed by atoms with E-state index in [2.05, 4.69) is 10.6 Å². The van der Waals surface area contributed by atoms with Crippen LogP contribution >= 0.6 is 0 Å². The van der Waals surface area contributed by atoms with E-state index in [0.717, 1.165) is 16.2 Å². The van der Waals surface area contributed by atoms with Gasteiger partial charge < -0.3 is 20.0 Å². The quantitative estimate of drug-likeness (QED) is 0.591. The molecule has 3 aromatic rings. The highest BCUT2D eigenvalue weighted by molar-refractivity contribution is 6.10. The summed E-state index contributed by atoms with van der Waals surface area (Å²) in [5.74, 6) is 0.390. The standard InChI is InChI=1S/C22H23N3O3/c1-16-7-5-8-17(13-16)23-22(27)19-10-3-4-11-20(19)24-21(26)15-25(2)14-18-9-6-12-28-18/h3-13H,14-15H2,1-2H3,(H,23,27)(H,24,26)/p+1. The van der Waals surface area contributed by atoms with E-state index < -0.39 is 0 Å². The van der Waals surface area contributed by atoms with Gasteiger partial charge in [-0.1, -0.05) is 24.3 Å². The van der Waals surface area contributed by atoms with Crippen LogP contribution in [-0.4, -0.2) is 25.4 Å². The van der Waals surface area contributed by atoms with Crippen LogP contribution in [-0.2, 0) is 11.3 Å². The molecule has 0 fully saturated rings. The number of anilines is 2. The molecule has 0 bridgehead atoms. The van der Waals surface area contributed by atoms with E-state index in [0.29, 0.717) is 23.5 Å². The van der Waals surface area contributed by atoms with E-state index in [1.54, 1.807) is 30.5 Å². The number of nitrogens with one attached hydrogen (secondary N) is 3. The second kappa shape index (κ2) is 9.01. The van der Waals surface area contributed by atoms with Gasteiger partial charge in [0, 0.05) is 5.69 Å². The first-order chi connectivity index (χ1) is 13.5. The molecule has 2 amide bonds. The van der Waals surface area contributed by atoms with Gasteiger partial charge in [-0.05, 0) is 48.9 Å². The van der Waals surface area contributed by atoms with Crippen LogP contribution in [0.4, 0.5) is 11.4 Å². The van der Waals surface area contributed by atoms with Crippen molar-refractivity contribution in [2.24, 2.45) is 0 Å². The SMILES string of the molecule is Cc1cccc(NC(=O)c2ccccc2NC(=O)C[NH+](C)Cc2ccco2)c1. The highest BCUT2D eigenvalue weighted by Gasteiger charge is 2.16. The third-order valence-corrected chi connectivity index (χ3v) is 4.24. The lowest BCUT2D eigenvalue weighted by Gasteiger charge is -2.14. The fourth-order valence-electron chi connectivity index (χ4n) is 2.95. The second-order valence-corrected chi connectivity index (χ2v) is 6.81. The molecular formula is C22H24N3O3+. The van der Waals surface area contributed by atoms with Gasteiger partial charge in [0.2, 0.25) is 0 Å². The van der Waals surface area contributed by atoms with Crippen molar-refractivity contribution in [3.05, 3.63) is 83.8 Å². The fourth-order valence-corrected chi connectivity index (χ4v) is 2.95. The van der Waals surface area contributed by atoms with Crippen molar-refractivity contribution in [1.29, 1.82) is 0 Å². The van der Waals surface area contributed by atoms with E-state index in [1.165, 1.54) is 0 Å². The van der Waals surface area contributed by atoms with Crippen molar-refractivity contribution in [2.75, 3.05) is 24.2 Å². The molecule has 3 rings (SSSR count). The number of aryl methyl sites for hydroxylation is 1. The van der Waals surface area contributed by atoms with Gasteiger partial charge >= 0.3 is 0 Å². The Balaban J connectivity index is 1.64. The van der Waals surface area contributed by atoms with E-state index in [9.17, 15) is 9.59 Å². The molecule has 6 heteroatoms. The first-order valence-corrected chi connectivity index (χ1v) is 9.12. The normalized spacial score (nSPS) is 11.6. The number of para-hydroxylation sites is 1. The molecule has 1 aromatic heterocycles. The summed E-state index contributed by atoms with van der Waals surface area (Å²) < 4.78 is 5.31. The van der Waals surface area contributed by atoms with Crippen LogP contribution in [0.15, 0.2) is 71.3 Å². The summed E-state index contributed by atoms with van der Waals surface area (Å²) in [6.07, 6.45) is 1.62. The Bertz CT molecular complexity index is 951. The summed E-state index contributed by atoms with van der Waals surface area (Å²) in [5, 5.41) is 5.72. The van der Waals surface area contributed by atoms with Gasteiger partial charge in [0.25, 0.3) is 11.8 Å². The van der Waals surface area contributed by atoms with Crippen molar-refractivity contribution in [2.45, 2.75) is 13.5 Å². The molecule has 28 heavy (non-hydrogen) atoms. The molecule has 0 aliphatic rings. The second-order valence-electron chi connectivity index (χ2n) is 6.81. The van der Waals surface area contributed by atoms with Crippen LogP contribution < -0.4 is 15.5 Å². The topological polar surface area (TPSA) is 75.8 Å². The molecule has 2 aromatic carbocycles. The Morgan fingerprint density at radius 2 is 1.82 bits per heavy atom. The molecule has 1 atom stereocenters. The van der Waals surface area contributed by atoms with Gasteiger partial charge in [-0.3, -0.25) is 9.59 Å². The summed E-state index contributed by atoms with van der Waals surface area (Å²) in [7, 11) is 1.92. The maximum atomic E-state index is 12.7. The maximum absolute atomic E-state index is 12.7. The number of likely N-dealkylation sites (N-methyl/N-ethyl adjacent to an activating group) is 1. The summed E-state index contributed by atoms with van der Waals surface area (Å²) in [4.78, 5) is 26.1. The molecule has 0 aliphatic carbocycles. The average Bonchev–Trinajstić information content (AvgIpc) is 3.14. The number of quaternary nitrogens is 1. The van der Waals surface area contributed by atoms with Gasteiger partial charge in [0.15, 0.2) is 12.3 Å². The lowest BCUT2D eigenvalue weighted by molar-refractivity contribution is -0.886. The highest BCUT2D eigenvalue weighted by atomic mass is 16.3. The number of carbonyl (C=O) groups excluding carboxylic acids is 2. The minimum atomic E-state index is -0.266. The third-order valence-electron chi connectivity index (χ3n) is 4.24. The summed E-state index contributed by atoms with van der Waals surface area (Å²) in [6.45, 7) is 2.83. The van der Waals surface area contributed by atoms with Gasteiger partial charge in [-0.2, -0.15) is 0 Å². The Morgan fingerprint density at radius 3 is 2.57 bits per heavy atom. The van der Waals surface area contributed by atoms with Crippen molar-refractivity contribution in [3.63, 3.8) is 0 Å². The van der Waals surface area contributed by atoms with E-state index >= 15 is 0 Å². The average molecular weight is 378 g/mol. The number of carbonyl (C=O) groups is 2. The van der Waals surface area contributed by atoms with Crippen molar-refractivity contribution in [1.82, 2.24) is 0 Å². The zero-order valence-corrected chi connectivity index (χ0v) is 16.0. The minimum absolute atomic E-state index is 0.167. The number of rotatable bonds is 7. The zero-order valence-electron chi connectivity index (χ0n) is 16.0. The minimum Gasteiger partial charge on any atom is -0.463 e. The molecule has 0 saturated heterocycles. The predicted molar refractivity (Wildman–Crippen MR) is 108 cm³/mol. The largest absolute Gasteiger partial charge is 0.463 e. The summed E-state index contributed by atoms with van der Waals surface area (Å²) in [6, 6.07) is 18.3. The Labute approximate surface area is 164 Å². The van der Waals surface area contributed by atoms with Crippen molar-refractivity contribution >= 4 is 23.2 Å². The maximum Gasteiger partial charge on any atom is 0.279 e. The third kappa shape index (κ3) is 5.31. The molecule has 0 spiro atoms. The van der Waals surface area contributed by atoms with Crippen LogP contribution in [0.1, 0.15) is 21.7 Å². The van der Waals surface area contributed by atoms with Gasteiger partial charge in [-0.25, -0.2) is 0 Å². The van der Waals surface area contributed by atoms with E-state index in [-0.39, 0.29) is 18.4 Å². The molecular weight excluding hydrogens is 354 g/mol. The van der Waals surface area contributed by atoms with Crippen LogP contribution in [0.5, 0.6) is 0 Å². The number of hydrogen-bond acceptors (Lipinski definition) is 3. The van der Waals surface area contributed by atoms with Gasteiger partial charge in [-0.15, -0.1) is 0 Å². The Morgan fingerprint density at radius 1 is 1.00 bits per heavy atom. The lowest BCUT2D eigenvalue weighted by Crippen LogP contribution is -3.08. The van der Waals surface area contributed by atoms with Gasteiger partial charge in [0.05, 0.1) is 24.6 Å². The smallest absolute Gasteiger partial charge is 0.279 e. The lowest BCUT2D eigenvalue weighted by atomic mass is 10.1. The fraction of sp³-hybridized carbons (Fsp3) is 0.182. The van der Waals surface area contributed by atoms with Crippen molar-refractivity contribution in [3.8, 4) is 0 Å². The number of furan rings is 1. The number of amides is 2. The van der Waals surface area contributed by atoms with Crippen LogP contribution in [0.3, 0.4) is 0 Å². The van der Waals surface area contributed by atoms with Gasteiger partial charge in [0.1, 0.15) is 6.54 Å². The van der Waals surface area contributed by atoms with Crippen LogP contribution in [0.25, 0.3) is 0 Å². The molecule has 144 valence electrons. The molecule has 0 aliphatic heterocycles. The molecule has 6 nitrogen and oxygen atoms in total. The van der Waals surface area contributed by atoms with Crippen LogP contribution in [0, 0.1) is 6.92 Å². The zero-order chi connectivity index (χ0) is 19.9. The number of benzene rings is 2. The molecule has 0 saturated carbocycles. The Kier molecular flexibility index (Phi) is 6.24. The first kappa shape index (κ1) is 19.4. The predicted octanol–water partition coefficient (Wildman–Crippen LogP) is 2.49. The number of hydrogen-bond donors (Lipinski definition) is 3. The summed E-state index contributed by atoms with van der Waals surface area (Å²) in [5.41, 5.74) is 2.68. The highest BCUT2D eigenvalue weighted by Crippen LogP contribution is 2.18. The first-order valence-electron chi connectivity index (χ1n) is 9.12.